The molecule has 1 fully saturated rings. The molecule has 0 aliphatic carbocycles. The van der Waals surface area contributed by atoms with Crippen LogP contribution in [0, 0.1) is 5.82 Å². The molecule has 3 nitrogen and oxygen atoms in total. The molecule has 0 saturated carbocycles. The summed E-state index contributed by atoms with van der Waals surface area (Å²) in [6.07, 6.45) is 1.65. The lowest BCUT2D eigenvalue weighted by Gasteiger charge is -2.25. The van der Waals surface area contributed by atoms with Crippen LogP contribution in [-0.2, 0) is 0 Å². The molecule has 1 heterocycles. The van der Waals surface area contributed by atoms with E-state index in [-0.39, 0.29) is 17.8 Å². The summed E-state index contributed by atoms with van der Waals surface area (Å²) in [5.74, 6) is 0.254. The number of rotatable bonds is 3. The predicted molar refractivity (Wildman–Crippen MR) is 90.1 cm³/mol. The third-order valence-electron chi connectivity index (χ3n) is 4.18. The molecule has 0 aromatic heterocycles. The van der Waals surface area contributed by atoms with Crippen molar-refractivity contribution in [2.45, 2.75) is 18.9 Å². The summed E-state index contributed by atoms with van der Waals surface area (Å²) < 4.78 is 20.1. The Morgan fingerprint density at radius 3 is 2.83 bits per heavy atom. The van der Waals surface area contributed by atoms with E-state index in [0.717, 1.165) is 17.3 Å². The van der Waals surface area contributed by atoms with Crippen molar-refractivity contribution in [2.24, 2.45) is 0 Å². The fourth-order valence-electron chi connectivity index (χ4n) is 3.04. The van der Waals surface area contributed by atoms with Crippen LogP contribution in [0.5, 0.6) is 5.75 Å². The first kappa shape index (κ1) is 16.0. The Hall–Kier alpha value is -1.88. The van der Waals surface area contributed by atoms with Gasteiger partial charge >= 0.3 is 0 Å². The SMILES string of the molecule is COc1cc(C(=O)N2CCC[C@@H]2c2ccccc2F)ccc1Br. The largest absolute Gasteiger partial charge is 0.496 e. The molecule has 1 saturated heterocycles. The maximum absolute atomic E-state index is 14.1. The molecule has 3 rings (SSSR count). The molecule has 0 spiro atoms. The number of ether oxygens (including phenoxy) is 1. The fraction of sp³-hybridized carbons (Fsp3) is 0.278. The highest BCUT2D eigenvalue weighted by Gasteiger charge is 2.32. The van der Waals surface area contributed by atoms with Crippen LogP contribution in [0.3, 0.4) is 0 Å². The first-order valence-corrected chi connectivity index (χ1v) is 8.30. The van der Waals surface area contributed by atoms with Gasteiger partial charge in [0.05, 0.1) is 17.6 Å². The Morgan fingerprint density at radius 1 is 1.30 bits per heavy atom. The number of carbonyl (C=O) groups is 1. The van der Waals surface area contributed by atoms with Crippen molar-refractivity contribution in [2.75, 3.05) is 13.7 Å². The molecule has 0 radical (unpaired) electrons. The molecular weight excluding hydrogens is 361 g/mol. The minimum absolute atomic E-state index is 0.0958. The molecular formula is C18H17BrFNO2. The zero-order valence-corrected chi connectivity index (χ0v) is 14.3. The summed E-state index contributed by atoms with van der Waals surface area (Å²) >= 11 is 3.38. The summed E-state index contributed by atoms with van der Waals surface area (Å²) in [4.78, 5) is 14.6. The van der Waals surface area contributed by atoms with Crippen LogP contribution in [0.25, 0.3) is 0 Å². The maximum atomic E-state index is 14.1. The van der Waals surface area contributed by atoms with Crippen LogP contribution in [-0.4, -0.2) is 24.5 Å². The van der Waals surface area contributed by atoms with Crippen LogP contribution >= 0.6 is 15.9 Å². The average molecular weight is 378 g/mol. The minimum Gasteiger partial charge on any atom is -0.496 e. The van der Waals surface area contributed by atoms with Crippen molar-refractivity contribution in [1.82, 2.24) is 4.90 Å². The average Bonchev–Trinajstić information content (AvgIpc) is 3.04. The Kier molecular flexibility index (Phi) is 4.66. The van der Waals surface area contributed by atoms with Crippen molar-refractivity contribution in [3.05, 3.63) is 63.9 Å². The van der Waals surface area contributed by atoms with E-state index in [1.54, 1.807) is 42.3 Å². The fourth-order valence-corrected chi connectivity index (χ4v) is 3.45. The molecule has 2 aromatic carbocycles. The molecule has 5 heteroatoms. The van der Waals surface area contributed by atoms with Crippen molar-refractivity contribution < 1.29 is 13.9 Å². The molecule has 1 aliphatic rings. The van der Waals surface area contributed by atoms with Gasteiger partial charge in [-0.3, -0.25) is 4.79 Å². The monoisotopic (exact) mass is 377 g/mol. The molecule has 1 atom stereocenters. The van der Waals surface area contributed by atoms with Crippen LogP contribution in [0.1, 0.15) is 34.8 Å². The van der Waals surface area contributed by atoms with Gasteiger partial charge in [-0.2, -0.15) is 0 Å². The first-order chi connectivity index (χ1) is 11.1. The van der Waals surface area contributed by atoms with E-state index in [9.17, 15) is 9.18 Å². The molecule has 23 heavy (non-hydrogen) atoms. The Labute approximate surface area is 143 Å². The number of methoxy groups -OCH3 is 1. The summed E-state index contributed by atoms with van der Waals surface area (Å²) in [6, 6.07) is 11.7. The van der Waals surface area contributed by atoms with E-state index >= 15 is 0 Å². The van der Waals surface area contributed by atoms with Crippen molar-refractivity contribution in [1.29, 1.82) is 0 Å². The Balaban J connectivity index is 1.91. The molecule has 0 bridgehead atoms. The number of nitrogens with zero attached hydrogens (tertiary/aromatic N) is 1. The van der Waals surface area contributed by atoms with Crippen LogP contribution in [0.4, 0.5) is 4.39 Å². The van der Waals surface area contributed by atoms with Crippen molar-refractivity contribution in [3.8, 4) is 5.75 Å². The van der Waals surface area contributed by atoms with E-state index in [2.05, 4.69) is 15.9 Å². The van der Waals surface area contributed by atoms with E-state index in [4.69, 9.17) is 4.74 Å². The molecule has 120 valence electrons. The maximum Gasteiger partial charge on any atom is 0.254 e. The van der Waals surface area contributed by atoms with E-state index in [1.807, 2.05) is 6.07 Å². The summed E-state index contributed by atoms with van der Waals surface area (Å²) in [5, 5.41) is 0. The van der Waals surface area contributed by atoms with Crippen molar-refractivity contribution >= 4 is 21.8 Å². The zero-order valence-electron chi connectivity index (χ0n) is 12.8. The van der Waals surface area contributed by atoms with Crippen LogP contribution in [0.2, 0.25) is 0 Å². The standard InChI is InChI=1S/C18H17BrFNO2/c1-23-17-11-12(8-9-14(17)19)18(22)21-10-4-7-16(21)13-5-2-3-6-15(13)20/h2-3,5-6,8-9,11,16H,4,7,10H2,1H3/t16-/m1/s1. The second-order valence-electron chi connectivity index (χ2n) is 5.53. The first-order valence-electron chi connectivity index (χ1n) is 7.50. The highest BCUT2D eigenvalue weighted by Crippen LogP contribution is 2.35. The molecule has 0 unspecified atom stereocenters. The normalized spacial score (nSPS) is 17.3. The smallest absolute Gasteiger partial charge is 0.254 e. The Bertz CT molecular complexity index is 735. The topological polar surface area (TPSA) is 29.5 Å². The second-order valence-corrected chi connectivity index (χ2v) is 6.38. The number of likely N-dealkylation sites (tertiary alicyclic amines) is 1. The molecule has 1 amide bonds. The van der Waals surface area contributed by atoms with Gasteiger partial charge in [-0.05, 0) is 53.0 Å². The lowest BCUT2D eigenvalue weighted by Crippen LogP contribution is -2.31. The lowest BCUT2D eigenvalue weighted by molar-refractivity contribution is 0.0733. The van der Waals surface area contributed by atoms with Gasteiger partial charge < -0.3 is 9.64 Å². The number of amides is 1. The number of hydrogen-bond acceptors (Lipinski definition) is 2. The van der Waals surface area contributed by atoms with Crippen molar-refractivity contribution in [3.63, 3.8) is 0 Å². The van der Waals surface area contributed by atoms with Gasteiger partial charge in [-0.1, -0.05) is 18.2 Å². The van der Waals surface area contributed by atoms with Gasteiger partial charge in [-0.25, -0.2) is 4.39 Å². The number of hydrogen-bond donors (Lipinski definition) is 0. The van der Waals surface area contributed by atoms with Gasteiger partial charge in [0.2, 0.25) is 0 Å². The number of halogens is 2. The van der Waals surface area contributed by atoms with E-state index in [1.165, 1.54) is 6.07 Å². The van der Waals surface area contributed by atoms with Crippen LogP contribution < -0.4 is 4.74 Å². The predicted octanol–water partition coefficient (Wildman–Crippen LogP) is 4.57. The van der Waals surface area contributed by atoms with Gasteiger partial charge in [0, 0.05) is 17.7 Å². The number of carbonyl (C=O) groups excluding carboxylic acids is 1. The summed E-state index contributed by atoms with van der Waals surface area (Å²) in [7, 11) is 1.56. The highest BCUT2D eigenvalue weighted by atomic mass is 79.9. The van der Waals surface area contributed by atoms with E-state index < -0.39 is 0 Å². The van der Waals surface area contributed by atoms with Gasteiger partial charge in [0.1, 0.15) is 11.6 Å². The van der Waals surface area contributed by atoms with E-state index in [0.29, 0.717) is 23.4 Å². The van der Waals surface area contributed by atoms with Gasteiger partial charge in [0.15, 0.2) is 0 Å². The third-order valence-corrected chi connectivity index (χ3v) is 4.83. The molecule has 0 N–H and O–H groups in total. The summed E-state index contributed by atoms with van der Waals surface area (Å²) in [5.41, 5.74) is 1.13. The van der Waals surface area contributed by atoms with Gasteiger partial charge in [-0.15, -0.1) is 0 Å². The summed E-state index contributed by atoms with van der Waals surface area (Å²) in [6.45, 7) is 0.635. The third kappa shape index (κ3) is 3.11. The zero-order chi connectivity index (χ0) is 16.4. The molecule has 1 aliphatic heterocycles. The highest BCUT2D eigenvalue weighted by molar-refractivity contribution is 9.10. The lowest BCUT2D eigenvalue weighted by atomic mass is 10.0. The van der Waals surface area contributed by atoms with Gasteiger partial charge in [0.25, 0.3) is 5.91 Å². The Morgan fingerprint density at radius 2 is 2.09 bits per heavy atom. The number of benzene rings is 2. The molecule has 2 aromatic rings. The quantitative estimate of drug-likeness (QED) is 0.783. The minimum atomic E-state index is -0.259. The van der Waals surface area contributed by atoms with Crippen LogP contribution in [0.15, 0.2) is 46.9 Å². The second kappa shape index (κ2) is 6.71.